The number of aromatic hydroxyl groups is 1. The molecule has 0 fully saturated rings. The van der Waals surface area contributed by atoms with Crippen molar-refractivity contribution in [3.8, 4) is 11.6 Å². The Kier molecular flexibility index (Phi) is 6.39. The lowest BCUT2D eigenvalue weighted by Gasteiger charge is -2.09. The van der Waals surface area contributed by atoms with E-state index in [1.807, 2.05) is 0 Å². The molecule has 32 heavy (non-hydrogen) atoms. The van der Waals surface area contributed by atoms with Crippen LogP contribution in [-0.2, 0) is 16.6 Å². The van der Waals surface area contributed by atoms with Gasteiger partial charge in [0, 0.05) is 11.9 Å². The molecule has 0 aliphatic carbocycles. The summed E-state index contributed by atoms with van der Waals surface area (Å²) in [5, 5.41) is 25.7. The number of primary sulfonamides is 1. The second-order valence-electron chi connectivity index (χ2n) is 6.31. The number of sulfonamides is 1. The van der Waals surface area contributed by atoms with E-state index >= 15 is 0 Å². The minimum absolute atomic E-state index is 0.0556. The van der Waals surface area contributed by atoms with Gasteiger partial charge < -0.3 is 19.7 Å². The maximum atomic E-state index is 12.6. The number of rotatable bonds is 5. The Balaban J connectivity index is 1.97. The SMILES string of the molecule is CCn1c(O)c(N=NC(=S)Nc2ccccc2S(N)(=O)=O)c2cc(OC(F)(F)F)ccc21. The summed E-state index contributed by atoms with van der Waals surface area (Å²) >= 11 is 5.05. The fraction of sp³-hybridized carbons (Fsp3) is 0.167. The van der Waals surface area contributed by atoms with Gasteiger partial charge in [-0.25, -0.2) is 13.6 Å². The first-order valence-electron chi connectivity index (χ1n) is 8.86. The molecule has 3 rings (SSSR count). The van der Waals surface area contributed by atoms with Gasteiger partial charge in [-0.2, -0.15) is 0 Å². The van der Waals surface area contributed by atoms with Crippen LogP contribution in [0.25, 0.3) is 10.9 Å². The van der Waals surface area contributed by atoms with Gasteiger partial charge in [-0.05, 0) is 49.5 Å². The lowest BCUT2D eigenvalue weighted by atomic mass is 10.2. The average Bonchev–Trinajstić information content (AvgIpc) is 2.94. The monoisotopic (exact) mass is 487 g/mol. The molecule has 0 unspecified atom stereocenters. The summed E-state index contributed by atoms with van der Waals surface area (Å²) in [6, 6.07) is 9.20. The van der Waals surface area contributed by atoms with Gasteiger partial charge in [0.15, 0.2) is 5.69 Å². The zero-order chi connectivity index (χ0) is 23.7. The zero-order valence-corrected chi connectivity index (χ0v) is 17.9. The van der Waals surface area contributed by atoms with E-state index in [1.165, 1.54) is 28.8 Å². The quantitative estimate of drug-likeness (QED) is 0.361. The molecule has 0 saturated heterocycles. The third kappa shape index (κ3) is 5.15. The number of nitrogens with two attached hydrogens (primary N) is 1. The molecule has 0 radical (unpaired) electrons. The summed E-state index contributed by atoms with van der Waals surface area (Å²) in [5.74, 6) is -0.847. The number of hydrogen-bond donors (Lipinski definition) is 3. The van der Waals surface area contributed by atoms with Crippen LogP contribution < -0.4 is 15.2 Å². The number of fused-ring (bicyclic) bond motifs is 1. The second-order valence-corrected chi connectivity index (χ2v) is 8.23. The predicted octanol–water partition coefficient (Wildman–Crippen LogP) is 4.39. The van der Waals surface area contributed by atoms with Crippen molar-refractivity contribution in [2.45, 2.75) is 24.7 Å². The zero-order valence-electron chi connectivity index (χ0n) is 16.3. The Hall–Kier alpha value is -3.23. The number of azo groups is 1. The minimum atomic E-state index is -4.90. The predicted molar refractivity (Wildman–Crippen MR) is 115 cm³/mol. The third-order valence-electron chi connectivity index (χ3n) is 4.21. The van der Waals surface area contributed by atoms with Gasteiger partial charge in [0.2, 0.25) is 21.0 Å². The van der Waals surface area contributed by atoms with Crippen LogP contribution in [0.4, 0.5) is 24.5 Å². The molecule has 0 atom stereocenters. The van der Waals surface area contributed by atoms with Gasteiger partial charge >= 0.3 is 6.36 Å². The maximum Gasteiger partial charge on any atom is 0.573 e. The van der Waals surface area contributed by atoms with Crippen molar-refractivity contribution < 1.29 is 31.4 Å². The molecule has 0 bridgehead atoms. The summed E-state index contributed by atoms with van der Waals surface area (Å²) in [6.07, 6.45) is -4.90. The van der Waals surface area contributed by atoms with Gasteiger partial charge in [0.1, 0.15) is 10.6 Å². The van der Waals surface area contributed by atoms with E-state index in [0.29, 0.717) is 12.1 Å². The highest BCUT2D eigenvalue weighted by molar-refractivity contribution is 7.89. The molecule has 0 amide bonds. The van der Waals surface area contributed by atoms with E-state index in [0.717, 1.165) is 12.1 Å². The van der Waals surface area contributed by atoms with E-state index in [9.17, 15) is 26.7 Å². The Bertz CT molecular complexity index is 1320. The summed E-state index contributed by atoms with van der Waals surface area (Å²) in [4.78, 5) is -0.225. The highest BCUT2D eigenvalue weighted by Crippen LogP contribution is 2.41. The number of thiocarbonyl (C=S) groups is 1. The van der Waals surface area contributed by atoms with Crippen LogP contribution in [0.1, 0.15) is 6.92 Å². The molecule has 0 saturated carbocycles. The molecule has 170 valence electrons. The number of halogens is 3. The minimum Gasteiger partial charge on any atom is -0.493 e. The fourth-order valence-electron chi connectivity index (χ4n) is 2.97. The standard InChI is InChI=1S/C18H16F3N5O4S2/c1-2-26-13-8-7-10(30-18(19,20)21)9-11(13)15(16(26)27)24-25-17(31)23-12-5-3-4-6-14(12)32(22,28)29/h3-9,27H,2H2,1H3,(H,23,31)(H2,22,28,29). The summed E-state index contributed by atoms with van der Waals surface area (Å²) < 4.78 is 66.4. The van der Waals surface area contributed by atoms with Gasteiger partial charge in [-0.15, -0.1) is 23.4 Å². The Morgan fingerprint density at radius 3 is 2.59 bits per heavy atom. The molecule has 0 aliphatic rings. The van der Waals surface area contributed by atoms with E-state index < -0.39 is 22.1 Å². The van der Waals surface area contributed by atoms with Crippen LogP contribution >= 0.6 is 12.2 Å². The smallest absolute Gasteiger partial charge is 0.493 e. The maximum absolute atomic E-state index is 12.6. The van der Waals surface area contributed by atoms with Crippen molar-refractivity contribution in [1.29, 1.82) is 0 Å². The number of benzene rings is 2. The van der Waals surface area contributed by atoms with Crippen molar-refractivity contribution in [3.05, 3.63) is 42.5 Å². The Morgan fingerprint density at radius 1 is 1.28 bits per heavy atom. The van der Waals surface area contributed by atoms with Crippen molar-refractivity contribution >= 4 is 49.6 Å². The van der Waals surface area contributed by atoms with Crippen LogP contribution in [0, 0.1) is 0 Å². The van der Waals surface area contributed by atoms with Gasteiger partial charge in [-0.3, -0.25) is 0 Å². The molecular formula is C18H16F3N5O4S2. The topological polar surface area (TPSA) is 131 Å². The normalized spacial score (nSPS) is 12.4. The molecule has 14 heteroatoms. The lowest BCUT2D eigenvalue weighted by molar-refractivity contribution is -0.274. The molecular weight excluding hydrogens is 471 g/mol. The molecule has 4 N–H and O–H groups in total. The average molecular weight is 487 g/mol. The van der Waals surface area contributed by atoms with E-state index in [1.54, 1.807) is 13.0 Å². The van der Waals surface area contributed by atoms with Gasteiger partial charge in [0.25, 0.3) is 0 Å². The van der Waals surface area contributed by atoms with E-state index in [-0.39, 0.29) is 32.6 Å². The third-order valence-corrected chi connectivity index (χ3v) is 5.36. The first-order valence-corrected chi connectivity index (χ1v) is 10.8. The van der Waals surface area contributed by atoms with Crippen molar-refractivity contribution in [2.24, 2.45) is 15.4 Å². The van der Waals surface area contributed by atoms with Crippen LogP contribution in [0.2, 0.25) is 0 Å². The second kappa shape index (κ2) is 8.72. The van der Waals surface area contributed by atoms with Crippen LogP contribution in [0.5, 0.6) is 11.6 Å². The molecule has 2 aromatic carbocycles. The van der Waals surface area contributed by atoms with E-state index in [2.05, 4.69) is 20.3 Å². The first-order chi connectivity index (χ1) is 14.9. The highest BCUT2D eigenvalue weighted by Gasteiger charge is 2.31. The number of aryl methyl sites for hydroxylation is 1. The van der Waals surface area contributed by atoms with Crippen LogP contribution in [0.3, 0.4) is 0 Å². The van der Waals surface area contributed by atoms with Gasteiger partial charge in [-0.1, -0.05) is 12.1 Å². The van der Waals surface area contributed by atoms with E-state index in [4.69, 9.17) is 17.4 Å². The van der Waals surface area contributed by atoms with Crippen molar-refractivity contribution in [2.75, 3.05) is 5.32 Å². The number of alkyl halides is 3. The Morgan fingerprint density at radius 2 is 1.97 bits per heavy atom. The van der Waals surface area contributed by atoms with Crippen LogP contribution in [0.15, 0.2) is 57.6 Å². The molecule has 0 spiro atoms. The molecule has 3 aromatic rings. The largest absolute Gasteiger partial charge is 0.573 e. The number of nitrogens with one attached hydrogen (secondary N) is 1. The molecule has 1 aromatic heterocycles. The Labute approximate surface area is 185 Å². The number of para-hydroxylation sites is 1. The number of ether oxygens (including phenoxy) is 1. The molecule has 0 aliphatic heterocycles. The molecule has 9 nitrogen and oxygen atoms in total. The summed E-state index contributed by atoms with van der Waals surface area (Å²) in [7, 11) is -4.05. The number of aromatic nitrogens is 1. The van der Waals surface area contributed by atoms with Crippen molar-refractivity contribution in [3.63, 3.8) is 0 Å². The van der Waals surface area contributed by atoms with Crippen molar-refractivity contribution in [1.82, 2.24) is 4.57 Å². The summed E-state index contributed by atoms with van der Waals surface area (Å²) in [5.41, 5.74) is 0.310. The van der Waals surface area contributed by atoms with Crippen LogP contribution in [-0.4, -0.2) is 29.6 Å². The molecule has 1 heterocycles. The van der Waals surface area contributed by atoms with Gasteiger partial charge in [0.05, 0.1) is 11.2 Å². The first kappa shape index (κ1) is 23.4. The summed E-state index contributed by atoms with van der Waals surface area (Å²) in [6.45, 7) is 2.01. The lowest BCUT2D eigenvalue weighted by Crippen LogP contribution is -2.16. The number of hydrogen-bond acceptors (Lipinski definition) is 6. The number of nitrogens with zero attached hydrogens (tertiary/aromatic N) is 3. The number of anilines is 1. The highest BCUT2D eigenvalue weighted by atomic mass is 32.2. The fourth-order valence-corrected chi connectivity index (χ4v) is 3.82.